The Labute approximate surface area is 146 Å². The Hall–Kier alpha value is -2.47. The summed E-state index contributed by atoms with van der Waals surface area (Å²) in [5, 5.41) is 0. The molecule has 0 aliphatic carbocycles. The lowest BCUT2D eigenvalue weighted by Crippen LogP contribution is -2.42. The van der Waals surface area contributed by atoms with Crippen LogP contribution in [0.5, 0.6) is 0 Å². The van der Waals surface area contributed by atoms with Crippen molar-refractivity contribution in [3.63, 3.8) is 0 Å². The summed E-state index contributed by atoms with van der Waals surface area (Å²) < 4.78 is 14.9. The second-order valence-corrected chi connectivity index (χ2v) is 5.77. The molecule has 134 valence electrons. The van der Waals surface area contributed by atoms with Crippen molar-refractivity contribution in [3.8, 4) is 0 Å². The van der Waals surface area contributed by atoms with Gasteiger partial charge in [0.1, 0.15) is 5.78 Å². The van der Waals surface area contributed by atoms with Crippen LogP contribution in [0.4, 0.5) is 0 Å². The third-order valence-corrected chi connectivity index (χ3v) is 4.27. The van der Waals surface area contributed by atoms with Gasteiger partial charge in [-0.2, -0.15) is 0 Å². The third-order valence-electron chi connectivity index (χ3n) is 4.27. The van der Waals surface area contributed by atoms with Crippen molar-refractivity contribution in [2.45, 2.75) is 6.42 Å². The molecule has 6 heteroatoms. The summed E-state index contributed by atoms with van der Waals surface area (Å²) in [6.07, 6.45) is 3.74. The maximum atomic E-state index is 12.4. The van der Waals surface area contributed by atoms with Gasteiger partial charge in [-0.15, -0.1) is 0 Å². The van der Waals surface area contributed by atoms with Gasteiger partial charge in [0.15, 0.2) is 5.92 Å². The first-order valence-electron chi connectivity index (χ1n) is 8.07. The van der Waals surface area contributed by atoms with E-state index in [2.05, 4.69) is 0 Å². The lowest BCUT2D eigenvalue weighted by atomic mass is 9.77. The number of benzene rings is 1. The zero-order valence-electron chi connectivity index (χ0n) is 14.3. The molecule has 1 aromatic carbocycles. The van der Waals surface area contributed by atoms with E-state index in [0.29, 0.717) is 6.61 Å². The number of rotatable bonds is 6. The Morgan fingerprint density at radius 2 is 1.80 bits per heavy atom. The van der Waals surface area contributed by atoms with Crippen LogP contribution in [-0.4, -0.2) is 45.2 Å². The largest absolute Gasteiger partial charge is 0.468 e. The minimum absolute atomic E-state index is 0.0354. The SMILES string of the molecule is COC(=O)C(C(=O)OC)[C@@H](/C=C/c1ccccc1)[C@@H]1COCCC1=O. The van der Waals surface area contributed by atoms with Crippen LogP contribution < -0.4 is 0 Å². The molecule has 1 aliphatic rings. The molecule has 0 radical (unpaired) electrons. The van der Waals surface area contributed by atoms with Crippen LogP contribution in [-0.2, 0) is 28.6 Å². The second-order valence-electron chi connectivity index (χ2n) is 5.77. The molecule has 0 bridgehead atoms. The van der Waals surface area contributed by atoms with Gasteiger partial charge in [0.25, 0.3) is 0 Å². The van der Waals surface area contributed by atoms with Crippen LogP contribution in [0, 0.1) is 17.8 Å². The van der Waals surface area contributed by atoms with E-state index in [-0.39, 0.29) is 18.8 Å². The number of ether oxygens (including phenoxy) is 3. The minimum atomic E-state index is -1.22. The van der Waals surface area contributed by atoms with Crippen molar-refractivity contribution in [3.05, 3.63) is 42.0 Å². The molecular weight excluding hydrogens is 324 g/mol. The number of methoxy groups -OCH3 is 2. The van der Waals surface area contributed by atoms with Crippen molar-refractivity contribution in [1.29, 1.82) is 0 Å². The lowest BCUT2D eigenvalue weighted by Gasteiger charge is -2.30. The molecule has 0 saturated carbocycles. The lowest BCUT2D eigenvalue weighted by molar-refractivity contribution is -0.162. The Bertz CT molecular complexity index is 621. The Morgan fingerprint density at radius 1 is 1.16 bits per heavy atom. The quantitative estimate of drug-likeness (QED) is 0.578. The fraction of sp³-hybridized carbons (Fsp3) is 0.421. The molecule has 0 aromatic heterocycles. The summed E-state index contributed by atoms with van der Waals surface area (Å²) >= 11 is 0. The summed E-state index contributed by atoms with van der Waals surface area (Å²) in [5.74, 6) is -4.01. The summed E-state index contributed by atoms with van der Waals surface area (Å²) in [5.41, 5.74) is 0.894. The monoisotopic (exact) mass is 346 g/mol. The summed E-state index contributed by atoms with van der Waals surface area (Å²) in [4.78, 5) is 36.8. The van der Waals surface area contributed by atoms with Crippen LogP contribution in [0.3, 0.4) is 0 Å². The van der Waals surface area contributed by atoms with E-state index in [1.54, 1.807) is 12.2 Å². The fourth-order valence-electron chi connectivity index (χ4n) is 2.92. The highest BCUT2D eigenvalue weighted by Gasteiger charge is 2.43. The molecular formula is C19H22O6. The van der Waals surface area contributed by atoms with Gasteiger partial charge >= 0.3 is 11.9 Å². The van der Waals surface area contributed by atoms with Gasteiger partial charge in [-0.3, -0.25) is 14.4 Å². The predicted molar refractivity (Wildman–Crippen MR) is 90.4 cm³/mol. The average molecular weight is 346 g/mol. The van der Waals surface area contributed by atoms with Crippen LogP contribution >= 0.6 is 0 Å². The molecule has 2 rings (SSSR count). The molecule has 25 heavy (non-hydrogen) atoms. The first-order chi connectivity index (χ1) is 12.1. The topological polar surface area (TPSA) is 78.9 Å². The highest BCUT2D eigenvalue weighted by Crippen LogP contribution is 2.30. The number of carbonyl (C=O) groups is 3. The fourth-order valence-corrected chi connectivity index (χ4v) is 2.92. The molecule has 1 aliphatic heterocycles. The number of allylic oxidation sites excluding steroid dienone is 1. The van der Waals surface area contributed by atoms with E-state index in [1.807, 2.05) is 30.3 Å². The van der Waals surface area contributed by atoms with Crippen molar-refractivity contribution in [2.24, 2.45) is 17.8 Å². The number of carbonyl (C=O) groups excluding carboxylic acids is 3. The van der Waals surface area contributed by atoms with Crippen molar-refractivity contribution >= 4 is 23.8 Å². The van der Waals surface area contributed by atoms with E-state index in [0.717, 1.165) is 5.56 Å². The normalized spacial score (nSPS) is 19.0. The molecule has 1 aromatic rings. The summed E-state index contributed by atoms with van der Waals surface area (Å²) in [6.45, 7) is 0.513. The maximum Gasteiger partial charge on any atom is 0.320 e. The number of hydrogen-bond acceptors (Lipinski definition) is 6. The molecule has 1 heterocycles. The predicted octanol–water partition coefficient (Wildman–Crippen LogP) is 1.88. The number of esters is 2. The van der Waals surface area contributed by atoms with Crippen LogP contribution in [0.25, 0.3) is 6.08 Å². The minimum Gasteiger partial charge on any atom is -0.468 e. The standard InChI is InChI=1S/C19H22O6/c1-23-18(21)17(19(22)24-2)14(15-12-25-11-10-16(15)20)9-8-13-6-4-3-5-7-13/h3-9,14-15,17H,10-12H2,1-2H3/b9-8+/t14-,15-/m0/s1. The van der Waals surface area contributed by atoms with Gasteiger partial charge in [-0.1, -0.05) is 42.5 Å². The number of ketones is 1. The molecule has 1 saturated heterocycles. The van der Waals surface area contributed by atoms with Crippen LogP contribution in [0.15, 0.2) is 36.4 Å². The first kappa shape index (κ1) is 18.9. The highest BCUT2D eigenvalue weighted by molar-refractivity contribution is 5.96. The maximum absolute atomic E-state index is 12.4. The molecule has 0 unspecified atom stereocenters. The van der Waals surface area contributed by atoms with Crippen molar-refractivity contribution < 1.29 is 28.6 Å². The Kier molecular flexibility index (Phi) is 6.89. The molecule has 0 N–H and O–H groups in total. The van der Waals surface area contributed by atoms with Gasteiger partial charge in [0, 0.05) is 18.3 Å². The van der Waals surface area contributed by atoms with Crippen LogP contribution in [0.2, 0.25) is 0 Å². The highest BCUT2D eigenvalue weighted by atomic mass is 16.5. The first-order valence-corrected chi connectivity index (χ1v) is 8.07. The van der Waals surface area contributed by atoms with Crippen molar-refractivity contribution in [1.82, 2.24) is 0 Å². The molecule has 6 nitrogen and oxygen atoms in total. The Morgan fingerprint density at radius 3 is 2.36 bits per heavy atom. The van der Waals surface area contributed by atoms with Gasteiger partial charge in [-0.25, -0.2) is 0 Å². The molecule has 1 fully saturated rings. The second kappa shape index (κ2) is 9.13. The van der Waals surface area contributed by atoms with E-state index in [4.69, 9.17) is 14.2 Å². The Balaban J connectivity index is 2.38. The molecule has 0 amide bonds. The van der Waals surface area contributed by atoms with Gasteiger partial charge in [-0.05, 0) is 5.56 Å². The zero-order valence-corrected chi connectivity index (χ0v) is 14.3. The smallest absolute Gasteiger partial charge is 0.320 e. The number of Topliss-reactive ketones (excluding diaryl/α,β-unsaturated/α-hetero) is 1. The number of hydrogen-bond donors (Lipinski definition) is 0. The van der Waals surface area contributed by atoms with E-state index < -0.39 is 29.7 Å². The van der Waals surface area contributed by atoms with Crippen molar-refractivity contribution in [2.75, 3.05) is 27.4 Å². The summed E-state index contributed by atoms with van der Waals surface area (Å²) in [7, 11) is 2.41. The van der Waals surface area contributed by atoms with Gasteiger partial charge in [0.2, 0.25) is 0 Å². The summed E-state index contributed by atoms with van der Waals surface area (Å²) in [6, 6.07) is 9.42. The third kappa shape index (κ3) is 4.76. The zero-order chi connectivity index (χ0) is 18.2. The van der Waals surface area contributed by atoms with Gasteiger partial charge < -0.3 is 14.2 Å². The molecule has 2 atom stereocenters. The van der Waals surface area contributed by atoms with E-state index in [1.165, 1.54) is 14.2 Å². The average Bonchev–Trinajstić information content (AvgIpc) is 2.65. The van der Waals surface area contributed by atoms with E-state index in [9.17, 15) is 14.4 Å². The van der Waals surface area contributed by atoms with Crippen LogP contribution in [0.1, 0.15) is 12.0 Å². The van der Waals surface area contributed by atoms with E-state index >= 15 is 0 Å². The molecule has 0 spiro atoms. The van der Waals surface area contributed by atoms with Gasteiger partial charge in [0.05, 0.1) is 27.4 Å².